The number of nitrogens with one attached hydrogen (secondary N) is 2. The number of aromatic nitrogens is 2. The van der Waals surface area contributed by atoms with Crippen LogP contribution in [0.5, 0.6) is 0 Å². The van der Waals surface area contributed by atoms with Crippen LogP contribution in [0.1, 0.15) is 12.5 Å². The second-order valence-corrected chi connectivity index (χ2v) is 4.16. The lowest BCUT2D eigenvalue weighted by Crippen LogP contribution is -2.11. The van der Waals surface area contributed by atoms with Gasteiger partial charge in [0.05, 0.1) is 18.2 Å². The Bertz CT molecular complexity index is 663. The van der Waals surface area contributed by atoms with Crippen molar-refractivity contribution in [2.24, 2.45) is 0 Å². The molecule has 0 bridgehead atoms. The number of ketones is 1. The van der Waals surface area contributed by atoms with Gasteiger partial charge in [-0.05, 0) is 25.1 Å². The third kappa shape index (κ3) is 3.78. The third-order valence-corrected chi connectivity index (χ3v) is 2.45. The molecule has 0 unspecified atom stereocenters. The number of hydrogen-bond acceptors (Lipinski definition) is 6. The van der Waals surface area contributed by atoms with Gasteiger partial charge in [0.15, 0.2) is 0 Å². The fourth-order valence-corrected chi connectivity index (χ4v) is 1.55. The van der Waals surface area contributed by atoms with E-state index < -0.39 is 0 Å². The fourth-order valence-electron chi connectivity index (χ4n) is 1.55. The maximum atomic E-state index is 10.9. The van der Waals surface area contributed by atoms with E-state index in [-0.39, 0.29) is 12.3 Å². The summed E-state index contributed by atoms with van der Waals surface area (Å²) in [4.78, 5) is 19.0. The van der Waals surface area contributed by atoms with Gasteiger partial charge in [-0.1, -0.05) is 6.07 Å². The van der Waals surface area contributed by atoms with E-state index in [1.807, 2.05) is 6.07 Å². The molecular formula is C14H13N5O. The minimum absolute atomic E-state index is 0.0276. The van der Waals surface area contributed by atoms with E-state index in [1.54, 1.807) is 24.3 Å². The Balaban J connectivity index is 2.11. The van der Waals surface area contributed by atoms with Crippen molar-refractivity contribution in [3.05, 3.63) is 42.2 Å². The van der Waals surface area contributed by atoms with Gasteiger partial charge in [0.1, 0.15) is 23.7 Å². The summed E-state index contributed by atoms with van der Waals surface area (Å²) in [5.74, 6) is 1.18. The summed E-state index contributed by atoms with van der Waals surface area (Å²) in [5.41, 5.74) is 1.33. The summed E-state index contributed by atoms with van der Waals surface area (Å²) < 4.78 is 0. The normalized spacial score (nSPS) is 9.60. The van der Waals surface area contributed by atoms with Gasteiger partial charge in [-0.3, -0.25) is 4.79 Å². The van der Waals surface area contributed by atoms with Crippen LogP contribution in [-0.2, 0) is 4.79 Å². The molecule has 1 aromatic heterocycles. The molecule has 100 valence electrons. The highest BCUT2D eigenvalue weighted by Gasteiger charge is 2.01. The molecule has 0 atom stereocenters. The van der Waals surface area contributed by atoms with Crippen molar-refractivity contribution in [1.29, 1.82) is 5.26 Å². The quantitative estimate of drug-likeness (QED) is 0.862. The Labute approximate surface area is 116 Å². The van der Waals surface area contributed by atoms with E-state index in [9.17, 15) is 4.79 Å². The standard InChI is InChI=1S/C14H13N5O/c1-10(20)8-16-13-6-14(18-9-17-13)19-12-4-2-3-11(5-12)7-15/h2-6,9H,8H2,1H3,(H2,16,17,18,19). The van der Waals surface area contributed by atoms with E-state index in [0.29, 0.717) is 17.2 Å². The Kier molecular flexibility index (Phi) is 4.24. The van der Waals surface area contributed by atoms with Crippen LogP contribution in [0, 0.1) is 11.3 Å². The Morgan fingerprint density at radius 1 is 1.30 bits per heavy atom. The number of hydrogen-bond donors (Lipinski definition) is 2. The minimum Gasteiger partial charge on any atom is -0.363 e. The first-order valence-corrected chi connectivity index (χ1v) is 6.00. The smallest absolute Gasteiger partial charge is 0.148 e. The molecule has 0 fully saturated rings. The van der Waals surface area contributed by atoms with E-state index >= 15 is 0 Å². The number of nitrogens with zero attached hydrogens (tertiary/aromatic N) is 3. The second kappa shape index (κ2) is 6.29. The summed E-state index contributed by atoms with van der Waals surface area (Å²) >= 11 is 0. The molecule has 6 heteroatoms. The Morgan fingerprint density at radius 2 is 2.10 bits per heavy atom. The van der Waals surface area contributed by atoms with Crippen LogP contribution in [-0.4, -0.2) is 22.3 Å². The average Bonchev–Trinajstić information content (AvgIpc) is 2.46. The Hall–Kier alpha value is -2.94. The highest BCUT2D eigenvalue weighted by atomic mass is 16.1. The number of carbonyl (C=O) groups is 1. The van der Waals surface area contributed by atoms with E-state index in [4.69, 9.17) is 5.26 Å². The van der Waals surface area contributed by atoms with E-state index in [0.717, 1.165) is 5.69 Å². The number of carbonyl (C=O) groups excluding carboxylic acids is 1. The maximum Gasteiger partial charge on any atom is 0.148 e. The van der Waals surface area contributed by atoms with Crippen molar-refractivity contribution < 1.29 is 4.79 Å². The van der Waals surface area contributed by atoms with Crippen LogP contribution < -0.4 is 10.6 Å². The molecule has 0 aliphatic carbocycles. The molecule has 2 rings (SSSR count). The zero-order valence-electron chi connectivity index (χ0n) is 10.9. The molecule has 1 heterocycles. The maximum absolute atomic E-state index is 10.9. The van der Waals surface area contributed by atoms with Gasteiger partial charge >= 0.3 is 0 Å². The first-order valence-electron chi connectivity index (χ1n) is 6.00. The largest absolute Gasteiger partial charge is 0.363 e. The topological polar surface area (TPSA) is 90.7 Å². The van der Waals surface area contributed by atoms with Crippen molar-refractivity contribution in [1.82, 2.24) is 9.97 Å². The van der Waals surface area contributed by atoms with Crippen LogP contribution >= 0.6 is 0 Å². The van der Waals surface area contributed by atoms with Crippen LogP contribution in [0.4, 0.5) is 17.3 Å². The number of nitriles is 1. The first kappa shape index (κ1) is 13.5. The van der Waals surface area contributed by atoms with Crippen LogP contribution in [0.3, 0.4) is 0 Å². The molecule has 0 radical (unpaired) electrons. The molecule has 0 aliphatic heterocycles. The number of rotatable bonds is 5. The van der Waals surface area contributed by atoms with Gasteiger partial charge < -0.3 is 10.6 Å². The van der Waals surface area contributed by atoms with Crippen molar-refractivity contribution >= 4 is 23.1 Å². The van der Waals surface area contributed by atoms with Gasteiger partial charge in [0, 0.05) is 11.8 Å². The van der Waals surface area contributed by atoms with Crippen LogP contribution in [0.15, 0.2) is 36.7 Å². The molecule has 2 aromatic rings. The van der Waals surface area contributed by atoms with Gasteiger partial charge in [-0.15, -0.1) is 0 Å². The summed E-state index contributed by atoms with van der Waals surface area (Å²) in [6, 6.07) is 10.9. The summed E-state index contributed by atoms with van der Waals surface area (Å²) in [5, 5.41) is 14.8. The zero-order chi connectivity index (χ0) is 14.4. The van der Waals surface area contributed by atoms with Gasteiger partial charge in [-0.2, -0.15) is 5.26 Å². The lowest BCUT2D eigenvalue weighted by molar-refractivity contribution is -0.115. The van der Waals surface area contributed by atoms with E-state index in [2.05, 4.69) is 26.7 Å². The molecule has 1 aromatic carbocycles. The molecule has 0 aliphatic rings. The Morgan fingerprint density at radius 3 is 2.85 bits per heavy atom. The van der Waals surface area contributed by atoms with Gasteiger partial charge in [0.25, 0.3) is 0 Å². The molecular weight excluding hydrogens is 254 g/mol. The number of benzene rings is 1. The number of Topliss-reactive ketones (excluding diaryl/α,β-unsaturated/α-hetero) is 1. The predicted molar refractivity (Wildman–Crippen MR) is 75.6 cm³/mol. The first-order chi connectivity index (χ1) is 9.67. The van der Waals surface area contributed by atoms with Crippen LogP contribution in [0.2, 0.25) is 0 Å². The predicted octanol–water partition coefficient (Wildman–Crippen LogP) is 2.09. The minimum atomic E-state index is 0.0276. The van der Waals surface area contributed by atoms with Gasteiger partial charge in [-0.25, -0.2) is 9.97 Å². The molecule has 0 saturated heterocycles. The van der Waals surface area contributed by atoms with Crippen molar-refractivity contribution in [3.63, 3.8) is 0 Å². The number of anilines is 3. The fraction of sp³-hybridized carbons (Fsp3) is 0.143. The summed E-state index contributed by atoms with van der Waals surface area (Å²) in [6.07, 6.45) is 1.40. The zero-order valence-corrected chi connectivity index (χ0v) is 10.9. The highest BCUT2D eigenvalue weighted by molar-refractivity contribution is 5.80. The van der Waals surface area contributed by atoms with Crippen molar-refractivity contribution in [2.75, 3.05) is 17.2 Å². The van der Waals surface area contributed by atoms with Crippen molar-refractivity contribution in [2.45, 2.75) is 6.92 Å². The SMILES string of the molecule is CC(=O)CNc1cc(Nc2cccc(C#N)c2)ncn1. The summed E-state index contributed by atoms with van der Waals surface area (Å²) in [6.45, 7) is 1.72. The van der Waals surface area contributed by atoms with Crippen molar-refractivity contribution in [3.8, 4) is 6.07 Å². The lowest BCUT2D eigenvalue weighted by Gasteiger charge is -2.07. The molecule has 0 spiro atoms. The molecule has 0 amide bonds. The highest BCUT2D eigenvalue weighted by Crippen LogP contribution is 2.17. The summed E-state index contributed by atoms with van der Waals surface area (Å²) in [7, 11) is 0. The lowest BCUT2D eigenvalue weighted by atomic mass is 10.2. The van der Waals surface area contributed by atoms with E-state index in [1.165, 1.54) is 13.3 Å². The molecule has 20 heavy (non-hydrogen) atoms. The second-order valence-electron chi connectivity index (χ2n) is 4.16. The average molecular weight is 267 g/mol. The van der Waals surface area contributed by atoms with Gasteiger partial charge in [0.2, 0.25) is 0 Å². The third-order valence-electron chi connectivity index (χ3n) is 2.45. The molecule has 0 saturated carbocycles. The molecule has 6 nitrogen and oxygen atoms in total. The van der Waals surface area contributed by atoms with Crippen LogP contribution in [0.25, 0.3) is 0 Å². The monoisotopic (exact) mass is 267 g/mol. The molecule has 2 N–H and O–H groups in total.